The fraction of sp³-hybridized carbons (Fsp3) is 0.371. The van der Waals surface area contributed by atoms with Crippen molar-refractivity contribution in [3.8, 4) is 22.4 Å². The number of nitrogens with zero attached hydrogens (tertiary/aromatic N) is 3. The molecule has 2 N–H and O–H groups in total. The lowest BCUT2D eigenvalue weighted by atomic mass is 9.80. The number of hydrogen-bond donors (Lipinski definition) is 2. The highest BCUT2D eigenvalue weighted by atomic mass is 16.5. The predicted molar refractivity (Wildman–Crippen MR) is 165 cm³/mol. The van der Waals surface area contributed by atoms with Gasteiger partial charge in [-0.25, -0.2) is 4.98 Å². The number of aliphatic hydroxyl groups is 1. The molecule has 2 heterocycles. The van der Waals surface area contributed by atoms with E-state index in [1.54, 1.807) is 13.4 Å². The zero-order valence-corrected chi connectivity index (χ0v) is 24.3. The monoisotopic (exact) mass is 564 g/mol. The van der Waals surface area contributed by atoms with E-state index in [9.17, 15) is 9.90 Å². The van der Waals surface area contributed by atoms with Gasteiger partial charge >= 0.3 is 0 Å². The molecule has 0 unspecified atom stereocenters. The molecule has 2 fully saturated rings. The van der Waals surface area contributed by atoms with E-state index in [1.165, 1.54) is 16.7 Å². The fourth-order valence-electron chi connectivity index (χ4n) is 6.85. The van der Waals surface area contributed by atoms with Crippen LogP contribution in [0.3, 0.4) is 0 Å². The van der Waals surface area contributed by atoms with Crippen LogP contribution in [0, 0.1) is 0 Å². The van der Waals surface area contributed by atoms with Crippen LogP contribution < -0.4 is 5.32 Å². The van der Waals surface area contributed by atoms with Gasteiger partial charge in [0.1, 0.15) is 5.60 Å². The number of amides is 1. The lowest BCUT2D eigenvalue weighted by Crippen LogP contribution is -2.54. The summed E-state index contributed by atoms with van der Waals surface area (Å²) in [6, 6.07) is 28.6. The van der Waals surface area contributed by atoms with E-state index in [2.05, 4.69) is 53.8 Å². The van der Waals surface area contributed by atoms with Crippen LogP contribution in [-0.4, -0.2) is 70.5 Å². The van der Waals surface area contributed by atoms with Gasteiger partial charge in [0, 0.05) is 38.3 Å². The Hall–Kier alpha value is -3.78. The molecule has 0 spiro atoms. The largest absolute Gasteiger partial charge is 0.385 e. The van der Waals surface area contributed by atoms with Crippen LogP contribution in [0.2, 0.25) is 0 Å². The molecule has 0 radical (unpaired) electrons. The fourth-order valence-corrected chi connectivity index (χ4v) is 6.85. The van der Waals surface area contributed by atoms with Crippen molar-refractivity contribution in [2.45, 2.75) is 49.8 Å². The third-order valence-electron chi connectivity index (χ3n) is 8.90. The van der Waals surface area contributed by atoms with Crippen LogP contribution in [0.15, 0.2) is 91.3 Å². The maximum Gasteiger partial charge on any atom is 0.275 e. The summed E-state index contributed by atoms with van der Waals surface area (Å²) in [6.07, 6.45) is 5.91. The minimum Gasteiger partial charge on any atom is -0.385 e. The maximum atomic E-state index is 14.5. The third-order valence-corrected chi connectivity index (χ3v) is 8.90. The Morgan fingerprint density at radius 3 is 2.48 bits per heavy atom. The molecule has 3 aromatic carbocycles. The lowest BCUT2D eigenvalue weighted by molar-refractivity contribution is -0.0893. The summed E-state index contributed by atoms with van der Waals surface area (Å²) in [4.78, 5) is 21.2. The first-order valence-corrected chi connectivity index (χ1v) is 15.1. The molecule has 1 aliphatic heterocycles. The first kappa shape index (κ1) is 28.3. The van der Waals surface area contributed by atoms with Gasteiger partial charge in [0.25, 0.3) is 5.91 Å². The van der Waals surface area contributed by atoms with E-state index in [-0.39, 0.29) is 24.6 Å². The van der Waals surface area contributed by atoms with Crippen molar-refractivity contribution in [2.24, 2.45) is 0 Å². The zero-order valence-electron chi connectivity index (χ0n) is 24.3. The number of benzene rings is 3. The Labute approximate surface area is 248 Å². The molecular formula is C35H40N4O3. The average Bonchev–Trinajstić information content (AvgIpc) is 3.47. The van der Waals surface area contributed by atoms with E-state index in [0.717, 1.165) is 43.5 Å². The second-order valence-electron chi connectivity index (χ2n) is 11.6. The number of rotatable bonds is 8. The number of aromatic nitrogens is 2. The summed E-state index contributed by atoms with van der Waals surface area (Å²) in [5, 5.41) is 15.2. The van der Waals surface area contributed by atoms with Crippen molar-refractivity contribution < 1.29 is 14.6 Å². The van der Waals surface area contributed by atoms with Crippen molar-refractivity contribution >= 4 is 5.91 Å². The SMILES string of the molecule is COC[C@]1(O)CCCC[C@H]1n1cnc(C(=O)N2CCNC[C@@H]2Cc2ccccc2-c2ccccc2)c1-c1ccccc1. The minimum atomic E-state index is -1.02. The smallest absolute Gasteiger partial charge is 0.275 e. The van der Waals surface area contributed by atoms with Crippen molar-refractivity contribution in [2.75, 3.05) is 33.4 Å². The number of carbonyl (C=O) groups excluding carboxylic acids is 1. The van der Waals surface area contributed by atoms with Crippen LogP contribution >= 0.6 is 0 Å². The van der Waals surface area contributed by atoms with E-state index in [1.807, 2.05) is 45.9 Å². The molecule has 6 rings (SSSR count). The zero-order chi connectivity index (χ0) is 28.9. The van der Waals surface area contributed by atoms with Crippen molar-refractivity contribution in [1.29, 1.82) is 0 Å². The summed E-state index contributed by atoms with van der Waals surface area (Å²) >= 11 is 0. The van der Waals surface area contributed by atoms with Crippen LogP contribution in [0.25, 0.3) is 22.4 Å². The minimum absolute atomic E-state index is 0.0232. The van der Waals surface area contributed by atoms with E-state index >= 15 is 0 Å². The number of piperazine rings is 1. The molecule has 1 saturated heterocycles. The molecule has 7 heteroatoms. The van der Waals surface area contributed by atoms with Crippen LogP contribution in [0.1, 0.15) is 47.8 Å². The van der Waals surface area contributed by atoms with Gasteiger partial charge in [-0.05, 0) is 36.0 Å². The highest BCUT2D eigenvalue weighted by Gasteiger charge is 2.42. The molecule has 1 saturated carbocycles. The molecule has 2 aliphatic rings. The molecule has 1 amide bonds. The summed E-state index contributed by atoms with van der Waals surface area (Å²) in [5.41, 5.74) is 4.70. The van der Waals surface area contributed by atoms with Gasteiger partial charge in [0.05, 0.1) is 24.7 Å². The standard InChI is InChI=1S/C35H40N4O3/c1-42-24-35(41)19-11-10-18-31(35)39-25-37-32(33(39)27-14-6-3-7-15-27)34(40)38-21-20-36-23-29(38)22-28-16-8-9-17-30(28)26-12-4-2-5-13-26/h2-9,12-17,25,29,31,36,41H,10-11,18-24H2,1H3/t29-,31+,35+/m0/s1. The summed E-state index contributed by atoms with van der Waals surface area (Å²) < 4.78 is 7.52. The van der Waals surface area contributed by atoms with Crippen LogP contribution in [0.5, 0.6) is 0 Å². The second-order valence-corrected chi connectivity index (χ2v) is 11.6. The summed E-state index contributed by atoms with van der Waals surface area (Å²) in [5.74, 6) is -0.0672. The Kier molecular flexibility index (Phi) is 8.51. The molecule has 1 aliphatic carbocycles. The van der Waals surface area contributed by atoms with Crippen molar-refractivity contribution in [3.05, 3.63) is 103 Å². The molecule has 0 bridgehead atoms. The number of imidazole rings is 1. The maximum absolute atomic E-state index is 14.5. The van der Waals surface area contributed by atoms with Crippen LogP contribution in [0.4, 0.5) is 0 Å². The number of carbonyl (C=O) groups is 1. The normalized spacial score (nSPS) is 22.7. The van der Waals surface area contributed by atoms with Gasteiger partial charge in [-0.1, -0.05) is 97.8 Å². The first-order valence-electron chi connectivity index (χ1n) is 15.1. The quantitative estimate of drug-likeness (QED) is 0.301. The van der Waals surface area contributed by atoms with E-state index in [0.29, 0.717) is 25.2 Å². The summed E-state index contributed by atoms with van der Waals surface area (Å²) in [6.45, 7) is 2.30. The average molecular weight is 565 g/mol. The molecule has 7 nitrogen and oxygen atoms in total. The van der Waals surface area contributed by atoms with Gasteiger partial charge < -0.3 is 24.6 Å². The Balaban J connectivity index is 1.36. The lowest BCUT2D eigenvalue weighted by Gasteiger charge is -2.41. The highest BCUT2D eigenvalue weighted by Crippen LogP contribution is 2.41. The Morgan fingerprint density at radius 2 is 1.71 bits per heavy atom. The number of nitrogens with one attached hydrogen (secondary N) is 1. The van der Waals surface area contributed by atoms with Gasteiger partial charge in [-0.15, -0.1) is 0 Å². The molecule has 4 aromatic rings. The van der Waals surface area contributed by atoms with Gasteiger partial charge in [-0.3, -0.25) is 4.79 Å². The molecular weight excluding hydrogens is 524 g/mol. The molecule has 3 atom stereocenters. The Bertz CT molecular complexity index is 1480. The topological polar surface area (TPSA) is 79.6 Å². The van der Waals surface area contributed by atoms with Crippen LogP contribution in [-0.2, 0) is 11.2 Å². The predicted octanol–water partition coefficient (Wildman–Crippen LogP) is 5.37. The Morgan fingerprint density at radius 1 is 1.00 bits per heavy atom. The number of ether oxygens (including phenoxy) is 1. The van der Waals surface area contributed by atoms with E-state index < -0.39 is 5.60 Å². The summed E-state index contributed by atoms with van der Waals surface area (Å²) in [7, 11) is 1.63. The van der Waals surface area contributed by atoms with Crippen molar-refractivity contribution in [1.82, 2.24) is 19.8 Å². The van der Waals surface area contributed by atoms with E-state index in [4.69, 9.17) is 9.72 Å². The second kappa shape index (κ2) is 12.6. The number of hydrogen-bond acceptors (Lipinski definition) is 5. The third kappa shape index (κ3) is 5.64. The number of methoxy groups -OCH3 is 1. The van der Waals surface area contributed by atoms with Crippen molar-refractivity contribution in [3.63, 3.8) is 0 Å². The highest BCUT2D eigenvalue weighted by molar-refractivity contribution is 5.98. The molecule has 42 heavy (non-hydrogen) atoms. The molecule has 218 valence electrons. The van der Waals surface area contributed by atoms with Gasteiger partial charge in [-0.2, -0.15) is 0 Å². The van der Waals surface area contributed by atoms with Gasteiger partial charge in [0.15, 0.2) is 5.69 Å². The first-order chi connectivity index (χ1) is 20.6. The molecule has 1 aromatic heterocycles. The van der Waals surface area contributed by atoms with Gasteiger partial charge in [0.2, 0.25) is 0 Å².